The van der Waals surface area contributed by atoms with Crippen molar-refractivity contribution in [3.05, 3.63) is 49.3 Å². The highest BCUT2D eigenvalue weighted by Gasteiger charge is 2.08. The molecule has 0 amide bonds. The van der Waals surface area contributed by atoms with Gasteiger partial charge in [0.2, 0.25) is 0 Å². The van der Waals surface area contributed by atoms with E-state index in [-0.39, 0.29) is 0 Å². The smallest absolute Gasteiger partial charge is 0.261 e. The van der Waals surface area contributed by atoms with E-state index >= 15 is 0 Å². The van der Waals surface area contributed by atoms with E-state index in [0.29, 0.717) is 0 Å². The number of nitrogens with zero attached hydrogens (tertiary/aromatic N) is 5. The second-order valence-electron chi connectivity index (χ2n) is 4.01. The molecule has 0 bridgehead atoms. The van der Waals surface area contributed by atoms with E-state index in [0.717, 1.165) is 22.2 Å². The van der Waals surface area contributed by atoms with E-state index in [1.165, 1.54) is 0 Å². The van der Waals surface area contributed by atoms with Crippen LogP contribution in [-0.2, 0) is 0 Å². The quantitative estimate of drug-likeness (QED) is 0.500. The van der Waals surface area contributed by atoms with E-state index in [4.69, 9.17) is 0 Å². The van der Waals surface area contributed by atoms with Crippen LogP contribution in [0.2, 0.25) is 0 Å². The number of nitrogens with one attached hydrogen (secondary N) is 1. The van der Waals surface area contributed by atoms with Gasteiger partial charge in [0.1, 0.15) is 11.9 Å². The third-order valence-electron chi connectivity index (χ3n) is 2.93. The minimum absolute atomic E-state index is 0.790. The molecule has 0 aliphatic rings. The number of pyridine rings is 1. The Morgan fingerprint density at radius 1 is 1.22 bits per heavy atom. The summed E-state index contributed by atoms with van der Waals surface area (Å²) in [6.07, 6.45) is 9.10. The molecule has 18 heavy (non-hydrogen) atoms. The van der Waals surface area contributed by atoms with Crippen LogP contribution in [0.3, 0.4) is 0 Å². The second kappa shape index (κ2) is 3.36. The Labute approximate surface area is 102 Å². The normalized spacial score (nSPS) is 11.3. The molecular weight excluding hydrogens is 228 g/mol. The topological polar surface area (TPSA) is 63.5 Å². The summed E-state index contributed by atoms with van der Waals surface area (Å²) < 4.78 is 3.95. The first-order valence-corrected chi connectivity index (χ1v) is 5.54. The molecule has 0 spiro atoms. The van der Waals surface area contributed by atoms with Gasteiger partial charge in [0.05, 0.1) is 18.6 Å². The molecule has 0 radical (unpaired) electrons. The van der Waals surface area contributed by atoms with E-state index in [1.54, 1.807) is 24.9 Å². The maximum Gasteiger partial charge on any atom is 0.310 e. The average Bonchev–Trinajstić information content (AvgIpc) is 3.04. The van der Waals surface area contributed by atoms with Crippen LogP contribution in [0.25, 0.3) is 22.2 Å². The number of rotatable bonds is 1. The molecule has 0 aromatic carbocycles. The van der Waals surface area contributed by atoms with Crippen molar-refractivity contribution in [1.29, 1.82) is 0 Å². The minimum atomic E-state index is 0.790. The van der Waals surface area contributed by atoms with Gasteiger partial charge in [0.15, 0.2) is 11.2 Å². The maximum absolute atomic E-state index is 4.33. The Bertz CT molecular complexity index is 844. The lowest BCUT2D eigenvalue weighted by Crippen LogP contribution is -2.31. The van der Waals surface area contributed by atoms with Gasteiger partial charge in [-0.1, -0.05) is 4.98 Å². The monoisotopic (exact) mass is 237 g/mol. The molecule has 4 rings (SSSR count). The summed E-state index contributed by atoms with van der Waals surface area (Å²) >= 11 is 0. The zero-order valence-electron chi connectivity index (χ0n) is 9.35. The molecular formula is C12H9N6+. The van der Waals surface area contributed by atoms with Gasteiger partial charge < -0.3 is 0 Å². The van der Waals surface area contributed by atoms with Crippen molar-refractivity contribution in [1.82, 2.24) is 24.8 Å². The van der Waals surface area contributed by atoms with E-state index < -0.39 is 0 Å². The van der Waals surface area contributed by atoms with Crippen LogP contribution in [0.1, 0.15) is 0 Å². The highest BCUT2D eigenvalue weighted by Crippen LogP contribution is 2.12. The number of hydrogen-bond acceptors (Lipinski definition) is 3. The number of hydrogen-bond donors (Lipinski definition) is 1. The van der Waals surface area contributed by atoms with Crippen LogP contribution < -0.4 is 4.52 Å². The molecule has 4 aromatic rings. The fourth-order valence-corrected chi connectivity index (χ4v) is 2.06. The molecule has 0 atom stereocenters. The molecule has 86 valence electrons. The molecule has 1 N–H and O–H groups in total. The molecule has 6 heteroatoms. The predicted octanol–water partition coefficient (Wildman–Crippen LogP) is 0.882. The summed E-state index contributed by atoms with van der Waals surface area (Å²) in [7, 11) is 0. The lowest BCUT2D eigenvalue weighted by molar-refractivity contribution is -0.601. The van der Waals surface area contributed by atoms with E-state index in [1.807, 2.05) is 33.6 Å². The lowest BCUT2D eigenvalue weighted by atomic mass is 10.3. The van der Waals surface area contributed by atoms with Gasteiger partial charge in [0, 0.05) is 17.5 Å². The Hall–Kier alpha value is -2.76. The van der Waals surface area contributed by atoms with Gasteiger partial charge in [0.25, 0.3) is 0 Å². The largest absolute Gasteiger partial charge is 0.310 e. The Morgan fingerprint density at radius 3 is 3.22 bits per heavy atom. The highest BCUT2D eigenvalue weighted by molar-refractivity contribution is 5.75. The van der Waals surface area contributed by atoms with Crippen LogP contribution in [0.5, 0.6) is 0 Å². The Kier molecular flexibility index (Phi) is 1.74. The summed E-state index contributed by atoms with van der Waals surface area (Å²) in [5, 5.41) is 7.79. The summed E-state index contributed by atoms with van der Waals surface area (Å²) in [5.74, 6) is 0. The van der Waals surface area contributed by atoms with Crippen LogP contribution in [-0.4, -0.2) is 24.8 Å². The van der Waals surface area contributed by atoms with E-state index in [9.17, 15) is 0 Å². The van der Waals surface area contributed by atoms with Crippen LogP contribution in [0, 0.1) is 0 Å². The van der Waals surface area contributed by atoms with Crippen molar-refractivity contribution in [2.75, 3.05) is 0 Å². The van der Waals surface area contributed by atoms with Gasteiger partial charge in [-0.05, 0) is 6.07 Å². The van der Waals surface area contributed by atoms with Crippen molar-refractivity contribution in [2.45, 2.75) is 0 Å². The lowest BCUT2D eigenvalue weighted by Gasteiger charge is -2.00. The number of fused-ring (bicyclic) bond motifs is 2. The van der Waals surface area contributed by atoms with Gasteiger partial charge in [-0.15, -0.1) is 4.52 Å². The third kappa shape index (κ3) is 1.22. The summed E-state index contributed by atoms with van der Waals surface area (Å²) in [6, 6.07) is 6.02. The first-order chi connectivity index (χ1) is 8.92. The predicted molar refractivity (Wildman–Crippen MR) is 64.2 cm³/mol. The van der Waals surface area contributed by atoms with Gasteiger partial charge >= 0.3 is 6.33 Å². The van der Waals surface area contributed by atoms with Crippen molar-refractivity contribution in [3.8, 4) is 5.69 Å². The van der Waals surface area contributed by atoms with Crippen LogP contribution in [0.15, 0.2) is 49.3 Å². The highest BCUT2D eigenvalue weighted by atomic mass is 15.4. The molecule has 0 fully saturated rings. The van der Waals surface area contributed by atoms with Crippen molar-refractivity contribution >= 4 is 16.6 Å². The first kappa shape index (κ1) is 9.29. The van der Waals surface area contributed by atoms with Gasteiger partial charge in [-0.25, -0.2) is 4.98 Å². The number of H-pyrrole nitrogens is 1. The third-order valence-corrected chi connectivity index (χ3v) is 2.93. The molecule has 0 saturated heterocycles. The van der Waals surface area contributed by atoms with Gasteiger partial charge in [-0.2, -0.15) is 9.78 Å². The molecule has 0 aliphatic heterocycles. The molecule has 4 aromatic heterocycles. The molecule has 4 heterocycles. The minimum Gasteiger partial charge on any atom is -0.261 e. The molecule has 0 saturated carbocycles. The summed E-state index contributed by atoms with van der Waals surface area (Å²) in [5.41, 5.74) is 2.84. The van der Waals surface area contributed by atoms with Crippen molar-refractivity contribution in [3.63, 3.8) is 0 Å². The van der Waals surface area contributed by atoms with Crippen molar-refractivity contribution in [2.24, 2.45) is 0 Å². The van der Waals surface area contributed by atoms with Gasteiger partial charge in [-0.3, -0.25) is 5.10 Å². The zero-order valence-corrected chi connectivity index (χ0v) is 9.35. The van der Waals surface area contributed by atoms with E-state index in [2.05, 4.69) is 20.2 Å². The number of aromatic nitrogens is 6. The first-order valence-electron chi connectivity index (χ1n) is 5.54. The Balaban J connectivity index is 2.00. The fraction of sp³-hybridized carbons (Fsp3) is 0. The summed E-state index contributed by atoms with van der Waals surface area (Å²) in [4.78, 5) is 8.46. The fourth-order valence-electron chi connectivity index (χ4n) is 2.06. The average molecular weight is 237 g/mol. The summed E-state index contributed by atoms with van der Waals surface area (Å²) in [6.45, 7) is 0. The zero-order chi connectivity index (χ0) is 11.9. The Morgan fingerprint density at radius 2 is 2.22 bits per heavy atom. The van der Waals surface area contributed by atoms with Crippen LogP contribution >= 0.6 is 0 Å². The molecule has 0 unspecified atom stereocenters. The standard InChI is InChI=1S/C12H9N6/c1-3-13-8-18-10(1)2-4-17(18)11-5-9-6-15-16-12(9)14-7-11/h1-8H,(H,14,15,16)/q+1. The van der Waals surface area contributed by atoms with Crippen LogP contribution in [0.4, 0.5) is 0 Å². The number of aromatic amines is 1. The second-order valence-corrected chi connectivity index (χ2v) is 4.01. The SMILES string of the molecule is c1cc2ccn(-c3cnc4[nH]ncc4c3)[n+]2cn1. The maximum atomic E-state index is 4.33. The molecule has 6 nitrogen and oxygen atoms in total. The van der Waals surface area contributed by atoms with Crippen molar-refractivity contribution < 1.29 is 4.52 Å². The molecule has 0 aliphatic carbocycles.